The molecule has 0 saturated carbocycles. The smallest absolute Gasteiger partial charge is 0.138 e. The van der Waals surface area contributed by atoms with Gasteiger partial charge in [0.2, 0.25) is 0 Å². The van der Waals surface area contributed by atoms with E-state index in [0.717, 1.165) is 33.3 Å². The van der Waals surface area contributed by atoms with Crippen molar-refractivity contribution in [3.63, 3.8) is 0 Å². The van der Waals surface area contributed by atoms with Crippen molar-refractivity contribution in [2.45, 2.75) is 0 Å². The number of aromatic amines is 1. The molecule has 0 bridgehead atoms. The minimum absolute atomic E-state index is 0.776. The van der Waals surface area contributed by atoms with Crippen molar-refractivity contribution >= 4 is 21.8 Å². The van der Waals surface area contributed by atoms with Crippen LogP contribution in [0.15, 0.2) is 60.9 Å². The summed E-state index contributed by atoms with van der Waals surface area (Å²) in [5, 5.41) is 9.02. The lowest BCUT2D eigenvalue weighted by molar-refractivity contribution is 0.488. The number of aromatic nitrogens is 3. The first-order valence-electron chi connectivity index (χ1n) is 6.35. The fourth-order valence-corrected chi connectivity index (χ4v) is 2.27. The van der Waals surface area contributed by atoms with Gasteiger partial charge in [-0.1, -0.05) is 12.1 Å². The Labute approximate surface area is 115 Å². The van der Waals surface area contributed by atoms with Crippen LogP contribution >= 0.6 is 0 Å². The summed E-state index contributed by atoms with van der Waals surface area (Å²) in [6, 6.07) is 15.7. The van der Waals surface area contributed by atoms with E-state index < -0.39 is 0 Å². The molecule has 4 rings (SSSR count). The second kappa shape index (κ2) is 4.35. The number of ether oxygens (including phenoxy) is 1. The van der Waals surface area contributed by atoms with Crippen molar-refractivity contribution in [3.05, 3.63) is 60.9 Å². The molecule has 4 heteroatoms. The van der Waals surface area contributed by atoms with Crippen LogP contribution in [0.2, 0.25) is 0 Å². The lowest BCUT2D eigenvalue weighted by atomic mass is 10.2. The SMILES string of the molecule is c1ccc2c(Oc3ccc4cn[nH]c4c3)ccnc2c1. The maximum atomic E-state index is 5.98. The van der Waals surface area contributed by atoms with Gasteiger partial charge in [0.15, 0.2) is 0 Å². The second-order valence-electron chi connectivity index (χ2n) is 4.55. The molecule has 2 aromatic heterocycles. The molecule has 0 atom stereocenters. The Kier molecular flexibility index (Phi) is 2.39. The van der Waals surface area contributed by atoms with E-state index in [0.29, 0.717) is 0 Å². The lowest BCUT2D eigenvalue weighted by Gasteiger charge is -2.08. The maximum absolute atomic E-state index is 5.98. The van der Waals surface area contributed by atoms with E-state index in [1.165, 1.54) is 0 Å². The molecule has 0 saturated heterocycles. The Morgan fingerprint density at radius 1 is 1.00 bits per heavy atom. The van der Waals surface area contributed by atoms with Crippen LogP contribution in [0.3, 0.4) is 0 Å². The van der Waals surface area contributed by atoms with Gasteiger partial charge in [0.25, 0.3) is 0 Å². The van der Waals surface area contributed by atoms with Crippen LogP contribution in [-0.2, 0) is 0 Å². The number of para-hydroxylation sites is 1. The Morgan fingerprint density at radius 2 is 1.95 bits per heavy atom. The van der Waals surface area contributed by atoms with Crippen molar-refractivity contribution in [1.29, 1.82) is 0 Å². The van der Waals surface area contributed by atoms with Crippen LogP contribution in [0.4, 0.5) is 0 Å². The highest BCUT2D eigenvalue weighted by atomic mass is 16.5. The highest BCUT2D eigenvalue weighted by Gasteiger charge is 2.05. The number of nitrogens with one attached hydrogen (secondary N) is 1. The maximum Gasteiger partial charge on any atom is 0.138 e. The molecular formula is C16H11N3O. The molecule has 0 aliphatic rings. The molecule has 2 aromatic carbocycles. The molecule has 4 nitrogen and oxygen atoms in total. The summed E-state index contributed by atoms with van der Waals surface area (Å²) in [5.41, 5.74) is 1.88. The Morgan fingerprint density at radius 3 is 2.95 bits per heavy atom. The average molecular weight is 261 g/mol. The van der Waals surface area contributed by atoms with E-state index in [1.54, 1.807) is 12.4 Å². The van der Waals surface area contributed by atoms with Gasteiger partial charge in [-0.25, -0.2) is 0 Å². The van der Waals surface area contributed by atoms with Gasteiger partial charge in [0, 0.05) is 23.0 Å². The van der Waals surface area contributed by atoms with Crippen LogP contribution in [-0.4, -0.2) is 15.2 Å². The number of fused-ring (bicyclic) bond motifs is 2. The normalized spacial score (nSPS) is 11.0. The van der Waals surface area contributed by atoms with Crippen LogP contribution in [0, 0.1) is 0 Å². The van der Waals surface area contributed by atoms with E-state index in [4.69, 9.17) is 4.74 Å². The molecule has 4 aromatic rings. The van der Waals surface area contributed by atoms with Crippen LogP contribution in [0.5, 0.6) is 11.5 Å². The molecule has 0 radical (unpaired) electrons. The van der Waals surface area contributed by atoms with Gasteiger partial charge in [-0.05, 0) is 30.3 Å². The van der Waals surface area contributed by atoms with Crippen LogP contribution in [0.1, 0.15) is 0 Å². The number of H-pyrrole nitrogens is 1. The first-order chi connectivity index (χ1) is 9.90. The van der Waals surface area contributed by atoms with Gasteiger partial charge in [0.1, 0.15) is 11.5 Å². The first-order valence-corrected chi connectivity index (χ1v) is 6.35. The third-order valence-electron chi connectivity index (χ3n) is 3.25. The zero-order valence-electron chi connectivity index (χ0n) is 10.6. The van der Waals surface area contributed by atoms with Gasteiger partial charge in [-0.2, -0.15) is 5.10 Å². The quantitative estimate of drug-likeness (QED) is 0.595. The number of pyridine rings is 1. The fourth-order valence-electron chi connectivity index (χ4n) is 2.27. The summed E-state index contributed by atoms with van der Waals surface area (Å²) in [5.74, 6) is 1.58. The fraction of sp³-hybridized carbons (Fsp3) is 0. The molecule has 2 heterocycles. The van der Waals surface area contributed by atoms with E-state index in [1.807, 2.05) is 48.5 Å². The predicted molar refractivity (Wildman–Crippen MR) is 77.9 cm³/mol. The molecule has 96 valence electrons. The number of nitrogens with zero attached hydrogens (tertiary/aromatic N) is 2. The summed E-state index contributed by atoms with van der Waals surface area (Å²) in [4.78, 5) is 4.33. The number of benzene rings is 2. The van der Waals surface area contributed by atoms with E-state index in [2.05, 4.69) is 15.2 Å². The Balaban J connectivity index is 1.80. The molecule has 0 spiro atoms. The van der Waals surface area contributed by atoms with Gasteiger partial charge in [0.05, 0.1) is 17.2 Å². The van der Waals surface area contributed by atoms with Crippen LogP contribution < -0.4 is 4.74 Å². The summed E-state index contributed by atoms with van der Waals surface area (Å²) in [7, 11) is 0. The highest BCUT2D eigenvalue weighted by Crippen LogP contribution is 2.29. The second-order valence-corrected chi connectivity index (χ2v) is 4.55. The summed E-state index contributed by atoms with van der Waals surface area (Å²) in [6.07, 6.45) is 3.55. The highest BCUT2D eigenvalue weighted by molar-refractivity contribution is 5.85. The number of hydrogen-bond donors (Lipinski definition) is 1. The lowest BCUT2D eigenvalue weighted by Crippen LogP contribution is -1.87. The molecular weight excluding hydrogens is 250 g/mol. The number of rotatable bonds is 2. The molecule has 0 aliphatic carbocycles. The van der Waals surface area contributed by atoms with Gasteiger partial charge < -0.3 is 4.74 Å². The molecule has 20 heavy (non-hydrogen) atoms. The Bertz CT molecular complexity index is 893. The molecule has 0 amide bonds. The van der Waals surface area contributed by atoms with Gasteiger partial charge >= 0.3 is 0 Å². The van der Waals surface area contributed by atoms with Crippen LogP contribution in [0.25, 0.3) is 21.8 Å². The van der Waals surface area contributed by atoms with Crippen molar-refractivity contribution in [1.82, 2.24) is 15.2 Å². The largest absolute Gasteiger partial charge is 0.457 e. The molecule has 1 N–H and O–H groups in total. The van der Waals surface area contributed by atoms with Crippen molar-refractivity contribution < 1.29 is 4.74 Å². The monoisotopic (exact) mass is 261 g/mol. The number of hydrogen-bond acceptors (Lipinski definition) is 3. The van der Waals surface area contributed by atoms with E-state index in [-0.39, 0.29) is 0 Å². The summed E-state index contributed by atoms with van der Waals surface area (Å²) < 4.78 is 5.98. The summed E-state index contributed by atoms with van der Waals surface area (Å²) >= 11 is 0. The molecule has 0 aliphatic heterocycles. The standard InChI is InChI=1S/C16H11N3O/c1-2-4-14-13(3-1)16(7-8-17-14)20-12-6-5-11-10-18-19-15(11)9-12/h1-10H,(H,18,19). The topological polar surface area (TPSA) is 50.8 Å². The summed E-state index contributed by atoms with van der Waals surface area (Å²) in [6.45, 7) is 0. The molecule has 0 fully saturated rings. The Hall–Kier alpha value is -2.88. The van der Waals surface area contributed by atoms with Crippen molar-refractivity contribution in [3.8, 4) is 11.5 Å². The van der Waals surface area contributed by atoms with Crippen molar-refractivity contribution in [2.24, 2.45) is 0 Å². The van der Waals surface area contributed by atoms with Crippen molar-refractivity contribution in [2.75, 3.05) is 0 Å². The third kappa shape index (κ3) is 1.78. The zero-order chi connectivity index (χ0) is 13.4. The minimum Gasteiger partial charge on any atom is -0.457 e. The first kappa shape index (κ1) is 11.0. The predicted octanol–water partition coefficient (Wildman–Crippen LogP) is 3.90. The van der Waals surface area contributed by atoms with Gasteiger partial charge in [-0.15, -0.1) is 0 Å². The zero-order valence-corrected chi connectivity index (χ0v) is 10.6. The molecule has 0 unspecified atom stereocenters. The van der Waals surface area contributed by atoms with E-state index >= 15 is 0 Å². The minimum atomic E-state index is 0.776. The third-order valence-corrected chi connectivity index (χ3v) is 3.25. The van der Waals surface area contributed by atoms with E-state index in [9.17, 15) is 0 Å². The van der Waals surface area contributed by atoms with Gasteiger partial charge in [-0.3, -0.25) is 10.1 Å². The average Bonchev–Trinajstić information content (AvgIpc) is 2.95.